The van der Waals surface area contributed by atoms with Crippen molar-refractivity contribution in [1.29, 1.82) is 0 Å². The average molecular weight is 427 g/mol. The van der Waals surface area contributed by atoms with E-state index >= 15 is 0 Å². The molecule has 0 radical (unpaired) electrons. The van der Waals surface area contributed by atoms with Gasteiger partial charge in [-0.1, -0.05) is 30.3 Å². The number of amides is 2. The van der Waals surface area contributed by atoms with Gasteiger partial charge in [0.25, 0.3) is 5.91 Å². The number of carbonyl (C=O) groups is 3. The number of hydrogen-bond acceptors (Lipinski definition) is 4. The van der Waals surface area contributed by atoms with Crippen LogP contribution in [-0.2, 0) is 25.5 Å². The maximum absolute atomic E-state index is 12.5. The van der Waals surface area contributed by atoms with Gasteiger partial charge in [-0.15, -0.1) is 0 Å². The van der Waals surface area contributed by atoms with Crippen LogP contribution in [0.5, 0.6) is 0 Å². The van der Waals surface area contributed by atoms with E-state index in [9.17, 15) is 14.4 Å². The first-order valence-corrected chi connectivity index (χ1v) is 11.7. The lowest BCUT2D eigenvalue weighted by Crippen LogP contribution is -2.48. The zero-order valence-electron chi connectivity index (χ0n) is 18.4. The Kier molecular flexibility index (Phi) is 6.63. The molecule has 0 unspecified atom stereocenters. The largest absolute Gasteiger partial charge is 0.451 e. The van der Waals surface area contributed by atoms with E-state index in [4.69, 9.17) is 4.74 Å². The third kappa shape index (κ3) is 5.66. The van der Waals surface area contributed by atoms with Crippen LogP contribution in [0.2, 0.25) is 0 Å². The van der Waals surface area contributed by atoms with Crippen LogP contribution in [-0.4, -0.2) is 37.0 Å². The molecule has 2 N–H and O–H groups in total. The van der Waals surface area contributed by atoms with E-state index in [-0.39, 0.29) is 23.8 Å². The normalized spacial score (nSPS) is 29.3. The van der Waals surface area contributed by atoms with Crippen molar-refractivity contribution in [3.05, 3.63) is 35.9 Å². The molecule has 0 spiro atoms. The van der Waals surface area contributed by atoms with Crippen LogP contribution in [0, 0.1) is 23.2 Å². The van der Waals surface area contributed by atoms with Crippen LogP contribution in [0.4, 0.5) is 0 Å². The Morgan fingerprint density at radius 2 is 1.61 bits per heavy atom. The van der Waals surface area contributed by atoms with Gasteiger partial charge in [-0.05, 0) is 80.6 Å². The molecule has 168 valence electrons. The van der Waals surface area contributed by atoms with Crippen molar-refractivity contribution in [3.8, 4) is 0 Å². The van der Waals surface area contributed by atoms with Crippen molar-refractivity contribution in [2.45, 2.75) is 64.4 Å². The topological polar surface area (TPSA) is 84.5 Å². The third-order valence-corrected chi connectivity index (χ3v) is 7.36. The predicted molar refractivity (Wildman–Crippen MR) is 117 cm³/mol. The van der Waals surface area contributed by atoms with Gasteiger partial charge in [-0.3, -0.25) is 14.4 Å². The fraction of sp³-hybridized carbons (Fsp3) is 0.640. The smallest absolute Gasteiger partial charge is 0.326 e. The zero-order valence-corrected chi connectivity index (χ0v) is 18.4. The van der Waals surface area contributed by atoms with Crippen molar-refractivity contribution >= 4 is 17.8 Å². The molecule has 1 aromatic carbocycles. The molecule has 4 bridgehead atoms. The second kappa shape index (κ2) is 9.41. The van der Waals surface area contributed by atoms with Crippen LogP contribution < -0.4 is 10.6 Å². The van der Waals surface area contributed by atoms with Gasteiger partial charge in [0.2, 0.25) is 5.91 Å². The van der Waals surface area contributed by atoms with E-state index in [2.05, 4.69) is 10.6 Å². The van der Waals surface area contributed by atoms with Gasteiger partial charge in [0.05, 0.1) is 0 Å². The molecule has 2 amide bonds. The van der Waals surface area contributed by atoms with Crippen LogP contribution in [0.15, 0.2) is 30.3 Å². The van der Waals surface area contributed by atoms with Gasteiger partial charge < -0.3 is 15.4 Å². The van der Waals surface area contributed by atoms with Crippen LogP contribution in [0.3, 0.4) is 0 Å². The maximum Gasteiger partial charge on any atom is 0.326 e. The summed E-state index contributed by atoms with van der Waals surface area (Å²) in [6, 6.07) is 9.87. The molecule has 5 rings (SSSR count). The number of hydrogen-bond donors (Lipinski definition) is 2. The van der Waals surface area contributed by atoms with Gasteiger partial charge in [-0.2, -0.15) is 0 Å². The minimum atomic E-state index is -0.886. The first kappa shape index (κ1) is 21.8. The van der Waals surface area contributed by atoms with E-state index in [1.165, 1.54) is 19.3 Å². The van der Waals surface area contributed by atoms with Gasteiger partial charge in [0.1, 0.15) is 6.54 Å². The lowest BCUT2D eigenvalue weighted by atomic mass is 9.49. The van der Waals surface area contributed by atoms with Gasteiger partial charge in [-0.25, -0.2) is 0 Å². The van der Waals surface area contributed by atoms with Gasteiger partial charge >= 0.3 is 5.97 Å². The number of esters is 1. The highest BCUT2D eigenvalue weighted by Gasteiger charge is 2.51. The molecule has 31 heavy (non-hydrogen) atoms. The Morgan fingerprint density at radius 1 is 1.00 bits per heavy atom. The highest BCUT2D eigenvalue weighted by molar-refractivity contribution is 5.86. The zero-order chi connectivity index (χ0) is 21.8. The standard InChI is InChI=1S/C25H34N2O4/c1-17(24(30)26-8-7-18-5-3-2-4-6-18)31-23(29)16-27-22(28)15-25-12-19-9-20(13-25)11-21(10-19)14-25/h2-6,17,19-21H,7-16H2,1H3,(H,26,30)(H,27,28)/t17-,19?,20?,21?,25?/m0/s1. The Bertz CT molecular complexity index is 772. The number of ether oxygens (including phenoxy) is 1. The van der Waals surface area contributed by atoms with Crippen molar-refractivity contribution in [1.82, 2.24) is 10.6 Å². The van der Waals surface area contributed by atoms with Crippen LogP contribution in [0.1, 0.15) is 57.4 Å². The maximum atomic E-state index is 12.5. The molecule has 0 heterocycles. The quantitative estimate of drug-likeness (QED) is 0.595. The summed E-state index contributed by atoms with van der Waals surface area (Å²) < 4.78 is 5.19. The molecule has 4 aliphatic rings. The molecule has 4 aliphatic carbocycles. The van der Waals surface area contributed by atoms with E-state index in [1.54, 1.807) is 6.92 Å². The van der Waals surface area contributed by atoms with Crippen molar-refractivity contribution in [2.24, 2.45) is 23.2 Å². The SMILES string of the molecule is C[C@H](OC(=O)CNC(=O)CC12CC3CC(CC(C3)C1)C2)C(=O)NCCc1ccccc1. The molecule has 1 atom stereocenters. The Labute approximate surface area is 184 Å². The number of carbonyl (C=O) groups excluding carboxylic acids is 3. The lowest BCUT2D eigenvalue weighted by molar-refractivity contribution is -0.154. The highest BCUT2D eigenvalue weighted by atomic mass is 16.5. The molecule has 6 heteroatoms. The molecule has 0 saturated heterocycles. The number of nitrogens with one attached hydrogen (secondary N) is 2. The van der Waals surface area contributed by atoms with E-state index in [1.807, 2.05) is 30.3 Å². The van der Waals surface area contributed by atoms with Crippen LogP contribution in [0.25, 0.3) is 0 Å². The highest BCUT2D eigenvalue weighted by Crippen LogP contribution is 2.61. The van der Waals surface area contributed by atoms with Crippen molar-refractivity contribution < 1.29 is 19.1 Å². The van der Waals surface area contributed by atoms with Crippen molar-refractivity contribution in [2.75, 3.05) is 13.1 Å². The minimum absolute atomic E-state index is 0.0705. The predicted octanol–water partition coefficient (Wildman–Crippen LogP) is 3.00. The van der Waals surface area contributed by atoms with E-state index in [0.717, 1.165) is 42.6 Å². The van der Waals surface area contributed by atoms with E-state index in [0.29, 0.717) is 19.4 Å². The second-order valence-corrected chi connectivity index (χ2v) is 10.0. The summed E-state index contributed by atoms with van der Waals surface area (Å²) in [4.78, 5) is 36.8. The molecule has 4 fully saturated rings. The van der Waals surface area contributed by atoms with Gasteiger partial charge in [0.15, 0.2) is 6.10 Å². The third-order valence-electron chi connectivity index (χ3n) is 7.36. The summed E-state index contributed by atoms with van der Waals surface area (Å²) >= 11 is 0. The summed E-state index contributed by atoms with van der Waals surface area (Å²) in [6.45, 7) is 1.84. The van der Waals surface area contributed by atoms with E-state index < -0.39 is 12.1 Å². The molecular weight excluding hydrogens is 392 g/mol. The Hall–Kier alpha value is -2.37. The molecule has 0 aliphatic heterocycles. The molecule has 1 aromatic rings. The fourth-order valence-electron chi connectivity index (χ4n) is 6.49. The Balaban J connectivity index is 1.14. The average Bonchev–Trinajstić information content (AvgIpc) is 2.71. The molecule has 0 aromatic heterocycles. The summed E-state index contributed by atoms with van der Waals surface area (Å²) in [5.74, 6) is 1.41. The minimum Gasteiger partial charge on any atom is -0.451 e. The molecular formula is C25H34N2O4. The second-order valence-electron chi connectivity index (χ2n) is 10.0. The monoisotopic (exact) mass is 426 g/mol. The number of rotatable bonds is 9. The first-order valence-electron chi connectivity index (χ1n) is 11.7. The van der Waals surface area contributed by atoms with Crippen LogP contribution >= 0.6 is 0 Å². The Morgan fingerprint density at radius 3 is 2.23 bits per heavy atom. The fourth-order valence-corrected chi connectivity index (χ4v) is 6.49. The summed E-state index contributed by atoms with van der Waals surface area (Å²) in [5.41, 5.74) is 1.28. The van der Waals surface area contributed by atoms with Crippen molar-refractivity contribution in [3.63, 3.8) is 0 Å². The summed E-state index contributed by atoms with van der Waals surface area (Å²) in [6.07, 6.45) is 7.87. The first-order chi connectivity index (χ1) is 14.9. The summed E-state index contributed by atoms with van der Waals surface area (Å²) in [7, 11) is 0. The molecule has 4 saturated carbocycles. The lowest BCUT2D eigenvalue weighted by Gasteiger charge is -2.56. The summed E-state index contributed by atoms with van der Waals surface area (Å²) in [5, 5.41) is 5.50. The number of benzene rings is 1. The molecule has 6 nitrogen and oxygen atoms in total. The van der Waals surface area contributed by atoms with Gasteiger partial charge in [0, 0.05) is 13.0 Å².